The standard InChI is InChI=1S/C17H13BrF6O3/c1-27-13(25)14(15(26,16(19,20)21)17(22,23)24)8-7-11(12(18)9-14)10-5-3-2-4-6-10/h2-8,26H,9H2,1H3. The molecule has 1 N–H and O–H groups in total. The maximum absolute atomic E-state index is 13.4. The van der Waals surface area contributed by atoms with Gasteiger partial charge in [-0.25, -0.2) is 0 Å². The van der Waals surface area contributed by atoms with E-state index >= 15 is 0 Å². The molecule has 3 nitrogen and oxygen atoms in total. The molecule has 0 fully saturated rings. The molecule has 1 aliphatic rings. The number of hydrogen-bond acceptors (Lipinski definition) is 3. The van der Waals surface area contributed by atoms with Gasteiger partial charge in [0.15, 0.2) is 0 Å². The molecule has 1 unspecified atom stereocenters. The predicted molar refractivity (Wildman–Crippen MR) is 87.6 cm³/mol. The highest BCUT2D eigenvalue weighted by Gasteiger charge is 2.81. The van der Waals surface area contributed by atoms with Gasteiger partial charge in [0, 0.05) is 10.9 Å². The van der Waals surface area contributed by atoms with Crippen LogP contribution in [-0.4, -0.2) is 36.1 Å². The molecule has 0 radical (unpaired) electrons. The number of carbonyl (C=O) groups excluding carboxylic acids is 1. The van der Waals surface area contributed by atoms with Crippen molar-refractivity contribution in [1.29, 1.82) is 0 Å². The third-order valence-corrected chi connectivity index (χ3v) is 5.07. The fourth-order valence-electron chi connectivity index (χ4n) is 2.97. The quantitative estimate of drug-likeness (QED) is 0.524. The lowest BCUT2D eigenvalue weighted by Crippen LogP contribution is -2.69. The van der Waals surface area contributed by atoms with Gasteiger partial charge in [0.1, 0.15) is 5.41 Å². The third kappa shape index (κ3) is 3.29. The molecule has 1 aliphatic carbocycles. The van der Waals surface area contributed by atoms with Gasteiger partial charge in [0.25, 0.3) is 5.60 Å². The Bertz CT molecular complexity index is 768. The molecular weight excluding hydrogens is 446 g/mol. The van der Waals surface area contributed by atoms with Gasteiger partial charge in [-0.05, 0) is 11.1 Å². The zero-order valence-corrected chi connectivity index (χ0v) is 15.2. The van der Waals surface area contributed by atoms with Gasteiger partial charge in [-0.3, -0.25) is 4.79 Å². The van der Waals surface area contributed by atoms with Crippen LogP contribution in [0.5, 0.6) is 0 Å². The molecule has 0 spiro atoms. The Morgan fingerprint density at radius 1 is 1.11 bits per heavy atom. The van der Waals surface area contributed by atoms with E-state index in [-0.39, 0.29) is 10.1 Å². The molecule has 0 saturated carbocycles. The van der Waals surface area contributed by atoms with Crippen LogP contribution in [0, 0.1) is 5.41 Å². The number of halogens is 7. The second-order valence-corrected chi connectivity index (χ2v) is 6.82. The zero-order chi connectivity index (χ0) is 20.7. The number of esters is 1. The maximum Gasteiger partial charge on any atom is 0.427 e. The second kappa shape index (κ2) is 6.97. The number of methoxy groups -OCH3 is 1. The fraction of sp³-hybridized carbons (Fsp3) is 0.353. The fourth-order valence-corrected chi connectivity index (χ4v) is 3.77. The molecule has 148 valence electrons. The molecule has 0 aromatic heterocycles. The van der Waals surface area contributed by atoms with E-state index in [2.05, 4.69) is 20.7 Å². The van der Waals surface area contributed by atoms with Gasteiger partial charge in [-0.1, -0.05) is 58.4 Å². The Morgan fingerprint density at radius 3 is 2.04 bits per heavy atom. The minimum absolute atomic E-state index is 0.117. The minimum atomic E-state index is -6.19. The van der Waals surface area contributed by atoms with E-state index in [1.807, 2.05) is 0 Å². The molecule has 0 amide bonds. The van der Waals surface area contributed by atoms with Crippen molar-refractivity contribution >= 4 is 27.5 Å². The van der Waals surface area contributed by atoms with Crippen molar-refractivity contribution in [3.63, 3.8) is 0 Å². The molecular formula is C17H13BrF6O3. The Kier molecular flexibility index (Phi) is 5.55. The van der Waals surface area contributed by atoms with Gasteiger partial charge in [-0.2, -0.15) is 26.3 Å². The monoisotopic (exact) mass is 458 g/mol. The van der Waals surface area contributed by atoms with Gasteiger partial charge in [-0.15, -0.1) is 0 Å². The second-order valence-electron chi connectivity index (χ2n) is 5.86. The minimum Gasteiger partial charge on any atom is -0.468 e. The molecule has 10 heteroatoms. The van der Waals surface area contributed by atoms with Crippen molar-refractivity contribution in [2.24, 2.45) is 5.41 Å². The van der Waals surface area contributed by atoms with E-state index < -0.39 is 35.8 Å². The Labute approximate surface area is 158 Å². The molecule has 0 saturated heterocycles. The highest BCUT2D eigenvalue weighted by Crippen LogP contribution is 2.59. The number of allylic oxidation sites excluding steroid dienone is 3. The number of aliphatic hydroxyl groups is 1. The van der Waals surface area contributed by atoms with Crippen LogP contribution in [0.3, 0.4) is 0 Å². The van der Waals surface area contributed by atoms with Crippen molar-refractivity contribution in [3.05, 3.63) is 52.5 Å². The largest absolute Gasteiger partial charge is 0.468 e. The summed E-state index contributed by atoms with van der Waals surface area (Å²) in [6.07, 6.45) is -12.1. The van der Waals surface area contributed by atoms with Crippen molar-refractivity contribution in [3.8, 4) is 0 Å². The number of carbonyl (C=O) groups is 1. The van der Waals surface area contributed by atoms with E-state index in [4.69, 9.17) is 0 Å². The van der Waals surface area contributed by atoms with Crippen molar-refractivity contribution in [2.45, 2.75) is 24.4 Å². The highest BCUT2D eigenvalue weighted by molar-refractivity contribution is 9.11. The molecule has 0 heterocycles. The average molecular weight is 459 g/mol. The molecule has 1 aromatic rings. The van der Waals surface area contributed by atoms with Crippen LogP contribution < -0.4 is 0 Å². The summed E-state index contributed by atoms with van der Waals surface area (Å²) in [5, 5.41) is 9.89. The van der Waals surface area contributed by atoms with Crippen molar-refractivity contribution in [2.75, 3.05) is 7.11 Å². The summed E-state index contributed by atoms with van der Waals surface area (Å²) in [6, 6.07) is 8.10. The number of alkyl halides is 6. The lowest BCUT2D eigenvalue weighted by atomic mass is 9.65. The van der Waals surface area contributed by atoms with Crippen LogP contribution in [0.15, 0.2) is 47.0 Å². The van der Waals surface area contributed by atoms with Crippen molar-refractivity contribution < 1.29 is 41.0 Å². The first-order chi connectivity index (χ1) is 12.3. The third-order valence-electron chi connectivity index (χ3n) is 4.36. The number of rotatable bonds is 3. The van der Waals surface area contributed by atoms with Crippen LogP contribution >= 0.6 is 15.9 Å². The molecule has 27 heavy (non-hydrogen) atoms. The number of hydrogen-bond donors (Lipinski definition) is 1. The Morgan fingerprint density at radius 2 is 1.63 bits per heavy atom. The lowest BCUT2D eigenvalue weighted by Gasteiger charge is -2.45. The van der Waals surface area contributed by atoms with E-state index in [9.17, 15) is 36.2 Å². The zero-order valence-electron chi connectivity index (χ0n) is 13.7. The van der Waals surface area contributed by atoms with Gasteiger partial charge < -0.3 is 9.84 Å². The predicted octanol–water partition coefficient (Wildman–Crippen LogP) is 4.77. The van der Waals surface area contributed by atoms with Crippen LogP contribution in [0.4, 0.5) is 26.3 Å². The molecule has 1 aromatic carbocycles. The van der Waals surface area contributed by atoms with Crippen LogP contribution in [-0.2, 0) is 9.53 Å². The first-order valence-electron chi connectivity index (χ1n) is 7.39. The summed E-state index contributed by atoms with van der Waals surface area (Å²) in [5.41, 5.74) is -8.02. The summed E-state index contributed by atoms with van der Waals surface area (Å²) in [4.78, 5) is 12.1. The van der Waals surface area contributed by atoms with Gasteiger partial charge >= 0.3 is 18.3 Å². The maximum atomic E-state index is 13.4. The first-order valence-corrected chi connectivity index (χ1v) is 8.18. The summed E-state index contributed by atoms with van der Waals surface area (Å²) in [7, 11) is 0.648. The topological polar surface area (TPSA) is 46.5 Å². The summed E-state index contributed by atoms with van der Waals surface area (Å²) < 4.78 is 84.7. The SMILES string of the molecule is COC(=O)C1(C(O)(C(F)(F)F)C(F)(F)F)C=CC(c2ccccc2)=C(Br)C1. The summed E-state index contributed by atoms with van der Waals surface area (Å²) in [5.74, 6) is -1.86. The highest BCUT2D eigenvalue weighted by atomic mass is 79.9. The van der Waals surface area contributed by atoms with E-state index in [0.717, 1.165) is 6.08 Å². The van der Waals surface area contributed by atoms with E-state index in [1.165, 1.54) is 0 Å². The lowest BCUT2D eigenvalue weighted by molar-refractivity contribution is -0.393. The first kappa shape index (κ1) is 21.5. The van der Waals surface area contributed by atoms with E-state index in [1.54, 1.807) is 30.3 Å². The summed E-state index contributed by atoms with van der Waals surface area (Å²) >= 11 is 2.97. The summed E-state index contributed by atoms with van der Waals surface area (Å²) in [6.45, 7) is 0. The van der Waals surface area contributed by atoms with E-state index in [0.29, 0.717) is 18.7 Å². The van der Waals surface area contributed by atoms with Crippen LogP contribution in [0.2, 0.25) is 0 Å². The molecule has 0 bridgehead atoms. The van der Waals surface area contributed by atoms with Gasteiger partial charge in [0.2, 0.25) is 0 Å². The van der Waals surface area contributed by atoms with Crippen molar-refractivity contribution in [1.82, 2.24) is 0 Å². The normalized spacial score (nSPS) is 21.4. The smallest absolute Gasteiger partial charge is 0.427 e. The Balaban J connectivity index is 2.71. The Hall–Kier alpha value is -1.81. The number of benzene rings is 1. The number of ether oxygens (including phenoxy) is 1. The molecule has 1 atom stereocenters. The van der Waals surface area contributed by atoms with Gasteiger partial charge in [0.05, 0.1) is 7.11 Å². The molecule has 0 aliphatic heterocycles. The van der Waals surface area contributed by atoms with Crippen LogP contribution in [0.1, 0.15) is 12.0 Å². The van der Waals surface area contributed by atoms with Crippen LogP contribution in [0.25, 0.3) is 5.57 Å². The molecule has 2 rings (SSSR count). The average Bonchev–Trinajstić information content (AvgIpc) is 2.58.